The Bertz CT molecular complexity index is 248. The third-order valence-electron chi connectivity index (χ3n) is 1.87. The third kappa shape index (κ3) is 8.05. The van der Waals surface area contributed by atoms with Crippen LogP contribution in [0.4, 0.5) is 0 Å². The Hall–Kier alpha value is -0.970. The van der Waals surface area contributed by atoms with Crippen molar-refractivity contribution >= 4 is 23.7 Å². The number of hydrogen-bond donors (Lipinski definition) is 2. The van der Waals surface area contributed by atoms with Crippen molar-refractivity contribution in [1.82, 2.24) is 0 Å². The minimum Gasteiger partial charge on any atom is -0.478 e. The molecule has 0 aliphatic carbocycles. The van der Waals surface area contributed by atoms with Crippen molar-refractivity contribution in [2.24, 2.45) is 0 Å². The number of carboxylic acid groups (broad SMARTS) is 2. The summed E-state index contributed by atoms with van der Waals surface area (Å²) in [5.74, 6) is -1.27. The summed E-state index contributed by atoms with van der Waals surface area (Å²) in [6.45, 7) is 0. The first-order valence-corrected chi connectivity index (χ1v) is 6.13. The smallest absolute Gasteiger partial charge is 0.331 e. The van der Waals surface area contributed by atoms with E-state index in [0.29, 0.717) is 6.42 Å². The van der Waals surface area contributed by atoms with Gasteiger partial charge in [-0.3, -0.25) is 0 Å². The molecule has 0 amide bonds. The first kappa shape index (κ1) is 14.0. The van der Waals surface area contributed by atoms with Gasteiger partial charge >= 0.3 is 11.9 Å². The highest BCUT2D eigenvalue weighted by Crippen LogP contribution is 2.10. The Morgan fingerprint density at radius 1 is 1.20 bits per heavy atom. The molecular weight excluding hydrogens is 216 g/mol. The number of carboxylic acids is 2. The number of carbonyl (C=O) groups is 2. The molecule has 0 heterocycles. The van der Waals surface area contributed by atoms with Crippen LogP contribution >= 0.6 is 11.8 Å². The summed E-state index contributed by atoms with van der Waals surface area (Å²) in [5.41, 5.74) is -0.0216. The second kappa shape index (κ2) is 8.35. The number of unbranched alkanes of at least 4 members (excludes halogenated alkanes) is 2. The number of hydrogen-bond acceptors (Lipinski definition) is 3. The van der Waals surface area contributed by atoms with Crippen molar-refractivity contribution in [2.75, 3.05) is 12.0 Å². The van der Waals surface area contributed by atoms with Gasteiger partial charge in [-0.25, -0.2) is 9.59 Å². The minimum atomic E-state index is -1.20. The summed E-state index contributed by atoms with van der Waals surface area (Å²) in [6.07, 6.45) is 5.83. The molecule has 0 aliphatic heterocycles. The second-order valence-corrected chi connectivity index (χ2v) is 4.10. The maximum Gasteiger partial charge on any atom is 0.331 e. The summed E-state index contributed by atoms with van der Waals surface area (Å²) in [4.78, 5) is 20.9. The van der Waals surface area contributed by atoms with Gasteiger partial charge in [0.2, 0.25) is 0 Å². The normalized spacial score (nSPS) is 11.4. The summed E-state index contributed by atoms with van der Waals surface area (Å²) in [7, 11) is 0. The van der Waals surface area contributed by atoms with Crippen LogP contribution in [0.15, 0.2) is 11.6 Å². The summed E-state index contributed by atoms with van der Waals surface area (Å²) < 4.78 is 0. The van der Waals surface area contributed by atoms with Gasteiger partial charge in [-0.15, -0.1) is 0 Å². The lowest BCUT2D eigenvalue weighted by Crippen LogP contribution is -2.04. The lowest BCUT2D eigenvalue weighted by atomic mass is 10.1. The Morgan fingerprint density at radius 2 is 1.87 bits per heavy atom. The lowest BCUT2D eigenvalue weighted by Gasteiger charge is -2.01. The Morgan fingerprint density at radius 3 is 2.33 bits per heavy atom. The standard InChI is InChI=1S/C10H16O4S/c1-15-6-4-2-3-5-8(10(13)14)7-9(11)12/h7H,2-6H2,1H3,(H,11,12)(H,13,14)/b8-7-. The molecule has 0 aromatic carbocycles. The van der Waals surface area contributed by atoms with E-state index in [-0.39, 0.29) is 5.57 Å². The van der Waals surface area contributed by atoms with E-state index in [9.17, 15) is 9.59 Å². The highest BCUT2D eigenvalue weighted by molar-refractivity contribution is 7.98. The average molecular weight is 232 g/mol. The predicted octanol–water partition coefficient (Wildman–Crippen LogP) is 2.01. The summed E-state index contributed by atoms with van der Waals surface area (Å²) >= 11 is 1.75. The molecule has 15 heavy (non-hydrogen) atoms. The van der Waals surface area contributed by atoms with Gasteiger partial charge in [-0.05, 0) is 31.3 Å². The molecule has 2 N–H and O–H groups in total. The lowest BCUT2D eigenvalue weighted by molar-refractivity contribution is -0.135. The first-order chi connectivity index (χ1) is 7.07. The van der Waals surface area contributed by atoms with Crippen LogP contribution in [0.25, 0.3) is 0 Å². The van der Waals surface area contributed by atoms with E-state index >= 15 is 0 Å². The third-order valence-corrected chi connectivity index (χ3v) is 2.56. The maximum absolute atomic E-state index is 10.6. The molecule has 0 saturated carbocycles. The van der Waals surface area contributed by atoms with E-state index in [1.807, 2.05) is 6.26 Å². The molecule has 0 aromatic heterocycles. The molecular formula is C10H16O4S. The van der Waals surface area contributed by atoms with Gasteiger partial charge in [0.05, 0.1) is 0 Å². The van der Waals surface area contributed by atoms with Gasteiger partial charge in [0.25, 0.3) is 0 Å². The SMILES string of the molecule is CSCCCCC/C(=C/C(=O)O)C(=O)O. The van der Waals surface area contributed by atoms with Crippen LogP contribution in [0.5, 0.6) is 0 Å². The molecule has 0 spiro atoms. The van der Waals surface area contributed by atoms with Gasteiger partial charge in [-0.2, -0.15) is 11.8 Å². The monoisotopic (exact) mass is 232 g/mol. The fraction of sp³-hybridized carbons (Fsp3) is 0.600. The fourth-order valence-electron chi connectivity index (χ4n) is 1.13. The zero-order valence-corrected chi connectivity index (χ0v) is 9.55. The highest BCUT2D eigenvalue weighted by atomic mass is 32.2. The second-order valence-electron chi connectivity index (χ2n) is 3.12. The van der Waals surface area contributed by atoms with Gasteiger partial charge in [0.1, 0.15) is 0 Å². The molecule has 4 nitrogen and oxygen atoms in total. The molecule has 0 fully saturated rings. The summed E-state index contributed by atoms with van der Waals surface area (Å²) in [5, 5.41) is 17.1. The molecule has 0 aromatic rings. The zero-order valence-electron chi connectivity index (χ0n) is 8.73. The Labute approximate surface area is 93.4 Å². The number of aliphatic carboxylic acids is 2. The predicted molar refractivity (Wildman–Crippen MR) is 60.2 cm³/mol. The van der Waals surface area contributed by atoms with E-state index in [1.54, 1.807) is 11.8 Å². The molecule has 0 atom stereocenters. The summed E-state index contributed by atoms with van der Waals surface area (Å²) in [6, 6.07) is 0. The number of thioether (sulfide) groups is 1. The topological polar surface area (TPSA) is 74.6 Å². The quantitative estimate of drug-likeness (QED) is 0.494. The minimum absolute atomic E-state index is 0.0216. The van der Waals surface area contributed by atoms with Crippen LogP contribution in [-0.2, 0) is 9.59 Å². The molecule has 0 saturated heterocycles. The van der Waals surface area contributed by atoms with Crippen LogP contribution in [0, 0.1) is 0 Å². The molecule has 0 aliphatic rings. The van der Waals surface area contributed by atoms with Crippen molar-refractivity contribution in [3.05, 3.63) is 11.6 Å². The average Bonchev–Trinajstić information content (AvgIpc) is 2.15. The van der Waals surface area contributed by atoms with Gasteiger partial charge in [-0.1, -0.05) is 6.42 Å². The zero-order chi connectivity index (χ0) is 11.7. The first-order valence-electron chi connectivity index (χ1n) is 4.73. The fourth-order valence-corrected chi connectivity index (χ4v) is 1.62. The van der Waals surface area contributed by atoms with E-state index in [2.05, 4.69) is 0 Å². The molecule has 0 bridgehead atoms. The van der Waals surface area contributed by atoms with Crippen molar-refractivity contribution in [2.45, 2.75) is 25.7 Å². The van der Waals surface area contributed by atoms with Crippen LogP contribution in [-0.4, -0.2) is 34.2 Å². The Balaban J connectivity index is 3.88. The van der Waals surface area contributed by atoms with Gasteiger partial charge in [0, 0.05) is 11.6 Å². The van der Waals surface area contributed by atoms with Crippen molar-refractivity contribution in [1.29, 1.82) is 0 Å². The van der Waals surface area contributed by atoms with E-state index in [0.717, 1.165) is 31.1 Å². The maximum atomic E-state index is 10.6. The number of rotatable bonds is 8. The molecule has 5 heteroatoms. The van der Waals surface area contributed by atoms with E-state index in [4.69, 9.17) is 10.2 Å². The van der Waals surface area contributed by atoms with Crippen molar-refractivity contribution in [3.63, 3.8) is 0 Å². The molecule has 86 valence electrons. The van der Waals surface area contributed by atoms with Crippen LogP contribution in [0.3, 0.4) is 0 Å². The van der Waals surface area contributed by atoms with Crippen LogP contribution < -0.4 is 0 Å². The van der Waals surface area contributed by atoms with Crippen molar-refractivity contribution in [3.8, 4) is 0 Å². The van der Waals surface area contributed by atoms with Crippen molar-refractivity contribution < 1.29 is 19.8 Å². The van der Waals surface area contributed by atoms with Gasteiger partial charge < -0.3 is 10.2 Å². The van der Waals surface area contributed by atoms with E-state index < -0.39 is 11.9 Å². The van der Waals surface area contributed by atoms with E-state index in [1.165, 1.54) is 0 Å². The van der Waals surface area contributed by atoms with Crippen LogP contribution in [0.2, 0.25) is 0 Å². The molecule has 0 radical (unpaired) electrons. The molecule has 0 unspecified atom stereocenters. The van der Waals surface area contributed by atoms with Crippen LogP contribution in [0.1, 0.15) is 25.7 Å². The Kier molecular flexibility index (Phi) is 7.81. The largest absolute Gasteiger partial charge is 0.478 e. The highest BCUT2D eigenvalue weighted by Gasteiger charge is 2.08. The van der Waals surface area contributed by atoms with Gasteiger partial charge in [0.15, 0.2) is 0 Å². The molecule has 0 rings (SSSR count).